The minimum absolute atomic E-state index is 0.0603. The summed E-state index contributed by atoms with van der Waals surface area (Å²) in [5.74, 6) is 0.134. The SMILES string of the molecule is CSNC(=O)c1cc(-c2ccc(N3CCOCC3)cc2)c(C(=N)C(C)C)c(Nc2cccc(N3CC(OCc4ccccc4)C3)c2)n1. The summed E-state index contributed by atoms with van der Waals surface area (Å²) >= 11 is 1.23. The number of morpholine rings is 1. The number of ether oxygens (including phenoxy) is 2. The molecule has 4 aromatic rings. The van der Waals surface area contributed by atoms with E-state index in [9.17, 15) is 10.2 Å². The van der Waals surface area contributed by atoms with Gasteiger partial charge in [0.1, 0.15) is 11.5 Å². The van der Waals surface area contributed by atoms with Crippen LogP contribution in [-0.4, -0.2) is 68.4 Å². The van der Waals surface area contributed by atoms with Gasteiger partial charge in [-0.1, -0.05) is 74.3 Å². The fraction of sp³-hybridized carbons (Fsp3) is 0.324. The Morgan fingerprint density at radius 1 is 0.979 bits per heavy atom. The van der Waals surface area contributed by atoms with Crippen LogP contribution in [0.3, 0.4) is 0 Å². The van der Waals surface area contributed by atoms with Crippen molar-refractivity contribution < 1.29 is 14.3 Å². The average Bonchev–Trinajstić information content (AvgIpc) is 3.08. The second-order valence-electron chi connectivity index (χ2n) is 12.1. The van der Waals surface area contributed by atoms with Crippen LogP contribution in [0.15, 0.2) is 84.9 Å². The van der Waals surface area contributed by atoms with Gasteiger partial charge in [-0.15, -0.1) is 0 Å². The highest BCUT2D eigenvalue weighted by Gasteiger charge is 2.28. The van der Waals surface area contributed by atoms with Gasteiger partial charge in [-0.3, -0.25) is 9.52 Å². The molecule has 9 nitrogen and oxygen atoms in total. The lowest BCUT2D eigenvalue weighted by atomic mass is 9.91. The monoisotopic (exact) mass is 650 g/mol. The van der Waals surface area contributed by atoms with E-state index in [1.54, 1.807) is 6.07 Å². The van der Waals surface area contributed by atoms with E-state index in [1.807, 2.05) is 50.4 Å². The number of benzene rings is 3. The average molecular weight is 651 g/mol. The summed E-state index contributed by atoms with van der Waals surface area (Å²) in [6.45, 7) is 9.37. The van der Waals surface area contributed by atoms with Crippen LogP contribution in [0, 0.1) is 11.3 Å². The molecule has 0 bridgehead atoms. The molecule has 0 unspecified atom stereocenters. The number of anilines is 4. The van der Waals surface area contributed by atoms with Gasteiger partial charge in [0.15, 0.2) is 0 Å². The van der Waals surface area contributed by atoms with Crippen molar-refractivity contribution in [1.82, 2.24) is 9.71 Å². The molecule has 1 amide bonds. The summed E-state index contributed by atoms with van der Waals surface area (Å²) in [4.78, 5) is 22.6. The number of carbonyl (C=O) groups excluding carboxylic acids is 1. The zero-order valence-corrected chi connectivity index (χ0v) is 28.0. The van der Waals surface area contributed by atoms with Gasteiger partial charge in [0.25, 0.3) is 5.91 Å². The summed E-state index contributed by atoms with van der Waals surface area (Å²) in [6.07, 6.45) is 1.99. The van der Waals surface area contributed by atoms with Crippen molar-refractivity contribution in [2.24, 2.45) is 5.92 Å². The molecule has 2 fully saturated rings. The van der Waals surface area contributed by atoms with E-state index in [0.29, 0.717) is 36.9 Å². The molecule has 47 heavy (non-hydrogen) atoms. The summed E-state index contributed by atoms with van der Waals surface area (Å²) in [7, 11) is 0. The Morgan fingerprint density at radius 3 is 2.43 bits per heavy atom. The van der Waals surface area contributed by atoms with Crippen molar-refractivity contribution in [3.05, 3.63) is 102 Å². The molecule has 2 aliphatic rings. The first-order chi connectivity index (χ1) is 22.9. The number of pyridine rings is 1. The number of carbonyl (C=O) groups is 1. The third-order valence-electron chi connectivity index (χ3n) is 8.50. The molecule has 244 valence electrons. The topological polar surface area (TPSA) is 103 Å². The van der Waals surface area contributed by atoms with Crippen molar-refractivity contribution in [2.75, 3.05) is 60.8 Å². The van der Waals surface area contributed by atoms with Crippen LogP contribution in [0.2, 0.25) is 0 Å². The first-order valence-corrected chi connectivity index (χ1v) is 17.3. The number of hydrogen-bond acceptors (Lipinski definition) is 9. The number of amides is 1. The number of nitrogens with one attached hydrogen (secondary N) is 3. The second-order valence-corrected chi connectivity index (χ2v) is 12.7. The minimum atomic E-state index is -0.287. The van der Waals surface area contributed by atoms with Crippen LogP contribution in [0.4, 0.5) is 22.9 Å². The maximum atomic E-state index is 13.2. The molecular formula is C37H42N6O3S. The third kappa shape index (κ3) is 7.78. The second kappa shape index (κ2) is 15.0. The molecule has 0 atom stereocenters. The molecule has 2 aliphatic heterocycles. The molecule has 1 aromatic heterocycles. The molecule has 0 saturated carbocycles. The Labute approximate surface area is 281 Å². The van der Waals surface area contributed by atoms with Crippen molar-refractivity contribution in [3.8, 4) is 11.1 Å². The quantitative estimate of drug-likeness (QED) is 0.114. The standard InChI is InChI=1S/C37H42N6O3S/c1-25(2)35(38)34-32(27-12-14-29(15-13-27)42-16-18-45-19-17-42)21-33(37(44)41-47-3)40-36(34)39-28-10-7-11-30(20-28)43-22-31(23-43)46-24-26-8-5-4-6-9-26/h4-15,20-21,25,31,38H,16-19,22-24H2,1-3H3,(H,39,40)(H,41,44). The Bertz CT molecular complexity index is 1690. The molecule has 3 N–H and O–H groups in total. The largest absolute Gasteiger partial charge is 0.378 e. The predicted octanol–water partition coefficient (Wildman–Crippen LogP) is 6.77. The van der Waals surface area contributed by atoms with E-state index in [4.69, 9.17) is 14.5 Å². The van der Waals surface area contributed by atoms with E-state index in [0.717, 1.165) is 54.4 Å². The number of rotatable bonds is 12. The predicted molar refractivity (Wildman–Crippen MR) is 192 cm³/mol. The maximum Gasteiger partial charge on any atom is 0.279 e. The van der Waals surface area contributed by atoms with Gasteiger partial charge in [0.2, 0.25) is 0 Å². The van der Waals surface area contributed by atoms with Crippen LogP contribution in [0.25, 0.3) is 11.1 Å². The highest BCUT2D eigenvalue weighted by Crippen LogP contribution is 2.35. The van der Waals surface area contributed by atoms with Crippen molar-refractivity contribution in [1.29, 1.82) is 5.41 Å². The first kappa shape index (κ1) is 32.6. The summed E-state index contributed by atoms with van der Waals surface area (Å²) < 4.78 is 14.5. The molecule has 3 heterocycles. The minimum Gasteiger partial charge on any atom is -0.378 e. The van der Waals surface area contributed by atoms with Gasteiger partial charge in [-0.25, -0.2) is 4.98 Å². The Morgan fingerprint density at radius 2 is 1.72 bits per heavy atom. The number of hydrogen-bond donors (Lipinski definition) is 3. The van der Waals surface area contributed by atoms with E-state index in [2.05, 4.69) is 68.4 Å². The molecule has 0 aliphatic carbocycles. The van der Waals surface area contributed by atoms with Crippen molar-refractivity contribution in [2.45, 2.75) is 26.6 Å². The molecule has 0 spiro atoms. The Balaban J connectivity index is 1.28. The molecule has 3 aromatic carbocycles. The van der Waals surface area contributed by atoms with E-state index < -0.39 is 0 Å². The number of aromatic nitrogens is 1. The highest BCUT2D eigenvalue weighted by atomic mass is 32.2. The van der Waals surface area contributed by atoms with Gasteiger partial charge in [0.05, 0.1) is 25.9 Å². The molecular weight excluding hydrogens is 609 g/mol. The zero-order chi connectivity index (χ0) is 32.8. The lowest BCUT2D eigenvalue weighted by Crippen LogP contribution is -2.52. The van der Waals surface area contributed by atoms with Gasteiger partial charge in [-0.05, 0) is 59.0 Å². The van der Waals surface area contributed by atoms with Crippen LogP contribution < -0.4 is 19.8 Å². The molecule has 6 rings (SSSR count). The normalized spacial score (nSPS) is 15.0. The summed E-state index contributed by atoms with van der Waals surface area (Å²) in [5, 5.41) is 12.7. The molecule has 10 heteroatoms. The Kier molecular flexibility index (Phi) is 10.4. The van der Waals surface area contributed by atoms with E-state index in [-0.39, 0.29) is 23.6 Å². The van der Waals surface area contributed by atoms with E-state index >= 15 is 0 Å². The zero-order valence-electron chi connectivity index (χ0n) is 27.2. The first-order valence-electron chi connectivity index (χ1n) is 16.1. The van der Waals surface area contributed by atoms with Crippen molar-refractivity contribution >= 4 is 46.4 Å². The lowest BCUT2D eigenvalue weighted by molar-refractivity contribution is 0.0224. The third-order valence-corrected chi connectivity index (χ3v) is 8.89. The molecule has 0 radical (unpaired) electrons. The Hall–Kier alpha value is -4.38. The van der Waals surface area contributed by atoms with Crippen LogP contribution in [0.5, 0.6) is 0 Å². The fourth-order valence-corrected chi connectivity index (χ4v) is 6.11. The maximum absolute atomic E-state index is 13.2. The smallest absolute Gasteiger partial charge is 0.279 e. The number of nitrogens with zero attached hydrogens (tertiary/aromatic N) is 3. The van der Waals surface area contributed by atoms with Gasteiger partial charge in [0, 0.05) is 60.8 Å². The lowest BCUT2D eigenvalue weighted by Gasteiger charge is -2.40. The molecule has 2 saturated heterocycles. The van der Waals surface area contributed by atoms with Crippen molar-refractivity contribution in [3.63, 3.8) is 0 Å². The van der Waals surface area contributed by atoms with Gasteiger partial charge < -0.3 is 30.0 Å². The summed E-state index contributed by atoms with van der Waals surface area (Å²) in [6, 6.07) is 28.6. The van der Waals surface area contributed by atoms with Crippen LogP contribution in [0.1, 0.15) is 35.5 Å². The fourth-order valence-electron chi connectivity index (χ4n) is 5.82. The van der Waals surface area contributed by atoms with Gasteiger partial charge in [-0.2, -0.15) is 0 Å². The van der Waals surface area contributed by atoms with Crippen LogP contribution >= 0.6 is 11.9 Å². The highest BCUT2D eigenvalue weighted by molar-refractivity contribution is 7.97. The summed E-state index contributed by atoms with van der Waals surface area (Å²) in [5.41, 5.74) is 7.33. The van der Waals surface area contributed by atoms with E-state index in [1.165, 1.54) is 17.5 Å². The van der Waals surface area contributed by atoms with Crippen LogP contribution in [-0.2, 0) is 16.1 Å². The van der Waals surface area contributed by atoms with Gasteiger partial charge >= 0.3 is 0 Å².